The minimum absolute atomic E-state index is 0.210. The van der Waals surface area contributed by atoms with Crippen molar-refractivity contribution < 1.29 is 9.13 Å². The second-order valence-corrected chi connectivity index (χ2v) is 9.51. The minimum Gasteiger partial charge on any atom is -0.378 e. The van der Waals surface area contributed by atoms with Crippen LogP contribution in [0.25, 0.3) is 11.1 Å². The van der Waals surface area contributed by atoms with Gasteiger partial charge in [0.25, 0.3) is 0 Å². The molecule has 0 saturated carbocycles. The molecule has 2 N–H and O–H groups in total. The number of anilines is 4. The molecule has 1 aliphatic rings. The number of nitrogens with one attached hydrogen (secondary N) is 2. The Morgan fingerprint density at radius 3 is 2.55 bits per heavy atom. The first-order chi connectivity index (χ1) is 18.6. The molecule has 0 amide bonds. The Morgan fingerprint density at radius 2 is 1.82 bits per heavy atom. The first-order valence-corrected chi connectivity index (χ1v) is 13.8. The molecule has 3 heterocycles. The molecule has 194 valence electrons. The van der Waals surface area contributed by atoms with Crippen LogP contribution in [0.4, 0.5) is 27.5 Å². The summed E-state index contributed by atoms with van der Waals surface area (Å²) in [7, 11) is 0. The summed E-state index contributed by atoms with van der Waals surface area (Å²) < 4.78 is 20.5. The van der Waals surface area contributed by atoms with Gasteiger partial charge in [-0.2, -0.15) is 10.1 Å². The van der Waals surface area contributed by atoms with Crippen molar-refractivity contribution in [3.63, 3.8) is 0 Å². The van der Waals surface area contributed by atoms with Crippen LogP contribution in [-0.4, -0.2) is 47.5 Å². The van der Waals surface area contributed by atoms with Crippen LogP contribution in [-0.2, 0) is 9.16 Å². The van der Waals surface area contributed by atoms with E-state index in [-0.39, 0.29) is 11.8 Å². The van der Waals surface area contributed by atoms with Crippen molar-refractivity contribution in [2.45, 2.75) is 11.4 Å². The van der Waals surface area contributed by atoms with Crippen molar-refractivity contribution in [3.05, 3.63) is 89.6 Å². The van der Waals surface area contributed by atoms with Gasteiger partial charge in [0, 0.05) is 23.2 Å². The highest BCUT2D eigenvalue weighted by atomic mass is 127. The van der Waals surface area contributed by atoms with E-state index >= 15 is 0 Å². The molecule has 1 aliphatic heterocycles. The lowest BCUT2D eigenvalue weighted by Gasteiger charge is -2.27. The molecule has 8 nitrogen and oxygen atoms in total. The maximum Gasteiger partial charge on any atom is 0.245 e. The van der Waals surface area contributed by atoms with Gasteiger partial charge >= 0.3 is 0 Å². The van der Waals surface area contributed by atoms with E-state index in [9.17, 15) is 4.39 Å². The fourth-order valence-corrected chi connectivity index (χ4v) is 4.90. The highest BCUT2D eigenvalue weighted by Gasteiger charge is 2.17. The van der Waals surface area contributed by atoms with Gasteiger partial charge in [-0.15, -0.1) is 0 Å². The van der Waals surface area contributed by atoms with Crippen molar-refractivity contribution in [2.75, 3.05) is 41.9 Å². The van der Waals surface area contributed by atoms with Crippen LogP contribution in [0.5, 0.6) is 0 Å². The Hall–Kier alpha value is -3.64. The summed E-state index contributed by atoms with van der Waals surface area (Å²) >= 11 is 2.41. The number of ether oxygens (including phenoxy) is 1. The first kappa shape index (κ1) is 26.0. The molecule has 4 aromatic rings. The van der Waals surface area contributed by atoms with Crippen LogP contribution in [0.15, 0.2) is 72.1 Å². The van der Waals surface area contributed by atoms with Gasteiger partial charge in [0.15, 0.2) is 11.6 Å². The third-order valence-corrected chi connectivity index (χ3v) is 6.97. The number of nitrogens with zero attached hydrogens (tertiary/aromatic N) is 5. The van der Waals surface area contributed by atoms with E-state index < -0.39 is 5.82 Å². The highest BCUT2D eigenvalue weighted by Crippen LogP contribution is 2.30. The lowest BCUT2D eigenvalue weighted by Crippen LogP contribution is -2.37. The zero-order valence-electron chi connectivity index (χ0n) is 20.9. The number of benzene rings is 2. The average Bonchev–Trinajstić information content (AvgIpc) is 2.96. The van der Waals surface area contributed by atoms with E-state index in [1.165, 1.54) is 22.3 Å². The van der Waals surface area contributed by atoms with Crippen LogP contribution in [0.2, 0.25) is 0 Å². The highest BCUT2D eigenvalue weighted by molar-refractivity contribution is 14.1. The fraction of sp³-hybridized carbons (Fsp3) is 0.214. The van der Waals surface area contributed by atoms with Crippen LogP contribution >= 0.6 is 22.6 Å². The largest absolute Gasteiger partial charge is 0.378 e. The lowest BCUT2D eigenvalue weighted by atomic mass is 9.96. The van der Waals surface area contributed by atoms with Crippen molar-refractivity contribution >= 4 is 51.9 Å². The first-order valence-electron chi connectivity index (χ1n) is 12.2. The van der Waals surface area contributed by atoms with Gasteiger partial charge in [-0.05, 0) is 53.4 Å². The molecule has 0 aliphatic carbocycles. The van der Waals surface area contributed by atoms with Gasteiger partial charge in [0.05, 0.1) is 43.2 Å². The Bertz CT molecular complexity index is 1410. The van der Waals surface area contributed by atoms with Gasteiger partial charge in [0.2, 0.25) is 5.95 Å². The number of rotatable bonds is 8. The van der Waals surface area contributed by atoms with Crippen LogP contribution in [0, 0.1) is 12.7 Å². The second kappa shape index (κ2) is 12.3. The Balaban J connectivity index is 1.20. The standard InChI is InChI=1S/C28H27FIN7O/c1-19-3-2-4-21(15-30)26(19)20-5-7-22(8-6-20)34-24-10-9-23(31-16-24)17-33-36-28-32-18-25(29)27(35-28)37-11-13-38-14-12-37/h2-10,16-18,34H,11-15H2,1H3,(H,32,35,36)/b33-17+. The van der Waals surface area contributed by atoms with Crippen molar-refractivity contribution in [1.29, 1.82) is 0 Å². The molecular formula is C28H27FIN7O. The molecule has 2 aromatic heterocycles. The molecule has 0 radical (unpaired) electrons. The van der Waals surface area contributed by atoms with E-state index in [1.54, 1.807) is 12.4 Å². The molecule has 2 aromatic carbocycles. The Labute approximate surface area is 234 Å². The van der Waals surface area contributed by atoms with Crippen molar-refractivity contribution in [2.24, 2.45) is 5.10 Å². The number of pyridine rings is 1. The Kier molecular flexibility index (Phi) is 8.39. The van der Waals surface area contributed by atoms with E-state index in [2.05, 4.69) is 103 Å². The minimum atomic E-state index is -0.471. The molecule has 10 heteroatoms. The lowest BCUT2D eigenvalue weighted by molar-refractivity contribution is 0.122. The van der Waals surface area contributed by atoms with Gasteiger partial charge in [-0.3, -0.25) is 4.98 Å². The molecule has 0 spiro atoms. The number of halogens is 2. The predicted octanol–water partition coefficient (Wildman–Crippen LogP) is 5.95. The van der Waals surface area contributed by atoms with Crippen molar-refractivity contribution in [1.82, 2.24) is 15.0 Å². The summed E-state index contributed by atoms with van der Waals surface area (Å²) in [6, 6.07) is 18.7. The molecule has 0 atom stereocenters. The number of aromatic nitrogens is 3. The van der Waals surface area contributed by atoms with Gasteiger partial charge in [-0.1, -0.05) is 52.9 Å². The third kappa shape index (κ3) is 6.25. The maximum absolute atomic E-state index is 14.2. The van der Waals surface area contributed by atoms with Gasteiger partial charge in [-0.25, -0.2) is 14.8 Å². The molecule has 1 saturated heterocycles. The fourth-order valence-electron chi connectivity index (χ4n) is 4.26. The molecule has 0 unspecified atom stereocenters. The van der Waals surface area contributed by atoms with E-state index in [1.807, 2.05) is 17.0 Å². The van der Waals surface area contributed by atoms with E-state index in [0.29, 0.717) is 32.0 Å². The number of hydrazone groups is 1. The molecule has 38 heavy (non-hydrogen) atoms. The second-order valence-electron chi connectivity index (χ2n) is 8.75. The summed E-state index contributed by atoms with van der Waals surface area (Å²) in [5.41, 5.74) is 10.4. The van der Waals surface area contributed by atoms with E-state index in [0.717, 1.165) is 22.0 Å². The zero-order valence-corrected chi connectivity index (χ0v) is 23.0. The van der Waals surface area contributed by atoms with Crippen LogP contribution in [0.1, 0.15) is 16.8 Å². The number of alkyl halides is 1. The van der Waals surface area contributed by atoms with Crippen LogP contribution < -0.4 is 15.6 Å². The van der Waals surface area contributed by atoms with Crippen LogP contribution in [0.3, 0.4) is 0 Å². The van der Waals surface area contributed by atoms with Gasteiger partial charge in [0.1, 0.15) is 0 Å². The normalized spacial score (nSPS) is 13.6. The summed E-state index contributed by atoms with van der Waals surface area (Å²) in [5.74, 6) is -0.0181. The molecular weight excluding hydrogens is 596 g/mol. The SMILES string of the molecule is Cc1cccc(CI)c1-c1ccc(Nc2ccc(/C=N/Nc3ncc(F)c(N4CCOCC4)n3)nc2)cc1. The molecule has 5 rings (SSSR count). The number of aryl methyl sites for hydroxylation is 1. The predicted molar refractivity (Wildman–Crippen MR) is 158 cm³/mol. The summed E-state index contributed by atoms with van der Waals surface area (Å²) in [5, 5.41) is 7.54. The molecule has 1 fully saturated rings. The average molecular weight is 623 g/mol. The van der Waals surface area contributed by atoms with E-state index in [4.69, 9.17) is 4.74 Å². The summed E-state index contributed by atoms with van der Waals surface area (Å²) in [4.78, 5) is 14.5. The summed E-state index contributed by atoms with van der Waals surface area (Å²) in [6.07, 6.45) is 4.45. The molecule has 0 bridgehead atoms. The monoisotopic (exact) mass is 623 g/mol. The maximum atomic E-state index is 14.2. The van der Waals surface area contributed by atoms with Gasteiger partial charge < -0.3 is 15.0 Å². The third-order valence-electron chi connectivity index (χ3n) is 6.15. The number of hydrogen-bond donors (Lipinski definition) is 2. The number of hydrogen-bond acceptors (Lipinski definition) is 8. The Morgan fingerprint density at radius 1 is 1.03 bits per heavy atom. The summed E-state index contributed by atoms with van der Waals surface area (Å²) in [6.45, 7) is 4.39. The smallest absolute Gasteiger partial charge is 0.245 e. The quantitative estimate of drug-likeness (QED) is 0.109. The number of morpholine rings is 1. The topological polar surface area (TPSA) is 87.6 Å². The van der Waals surface area contributed by atoms with Crippen molar-refractivity contribution in [3.8, 4) is 11.1 Å². The zero-order chi connectivity index (χ0) is 26.3.